The van der Waals surface area contributed by atoms with Gasteiger partial charge in [-0.3, -0.25) is 4.79 Å². The van der Waals surface area contributed by atoms with E-state index in [4.69, 9.17) is 26.8 Å². The summed E-state index contributed by atoms with van der Waals surface area (Å²) in [5.41, 5.74) is 7.00. The van der Waals surface area contributed by atoms with E-state index in [1.807, 2.05) is 0 Å². The van der Waals surface area contributed by atoms with Crippen molar-refractivity contribution in [3.8, 4) is 11.6 Å². The number of hydrogen-bond acceptors (Lipinski definition) is 7. The molecule has 26 heavy (non-hydrogen) atoms. The summed E-state index contributed by atoms with van der Waals surface area (Å²) >= 11 is 6.53. The van der Waals surface area contributed by atoms with Gasteiger partial charge < -0.3 is 25.4 Å². The molecule has 1 saturated heterocycles. The number of benzene rings is 1. The van der Waals surface area contributed by atoms with Crippen LogP contribution >= 0.6 is 11.6 Å². The van der Waals surface area contributed by atoms with Gasteiger partial charge in [-0.15, -0.1) is 0 Å². The van der Waals surface area contributed by atoms with Crippen LogP contribution in [0, 0.1) is 0 Å². The first kappa shape index (κ1) is 16.9. The number of rotatable bonds is 1. The molecule has 4 rings (SSSR count). The van der Waals surface area contributed by atoms with Gasteiger partial charge >= 0.3 is 0 Å². The maximum Gasteiger partial charge on any atom is 0.254 e. The van der Waals surface area contributed by atoms with Crippen LogP contribution in [0.3, 0.4) is 0 Å². The van der Waals surface area contributed by atoms with Gasteiger partial charge in [-0.25, -0.2) is 0 Å². The summed E-state index contributed by atoms with van der Waals surface area (Å²) in [6.07, 6.45) is 0.845. The number of fused-ring (bicyclic) bond motifs is 7. The lowest BCUT2D eigenvalue weighted by Gasteiger charge is -2.31. The highest BCUT2D eigenvalue weighted by molar-refractivity contribution is 6.32. The quantitative estimate of drug-likeness (QED) is 0.787. The van der Waals surface area contributed by atoms with Gasteiger partial charge in [0.1, 0.15) is 11.6 Å². The van der Waals surface area contributed by atoms with Crippen LogP contribution in [-0.4, -0.2) is 42.7 Å². The molecule has 2 aliphatic rings. The third-order valence-corrected chi connectivity index (χ3v) is 4.81. The smallest absolute Gasteiger partial charge is 0.254 e. The van der Waals surface area contributed by atoms with Crippen molar-refractivity contribution in [3.05, 3.63) is 34.3 Å². The zero-order chi connectivity index (χ0) is 18.3. The van der Waals surface area contributed by atoms with Crippen molar-refractivity contribution >= 4 is 29.3 Å². The lowest BCUT2D eigenvalue weighted by Crippen LogP contribution is -2.31. The molecule has 2 aliphatic heterocycles. The second-order valence-electron chi connectivity index (χ2n) is 6.11. The molecule has 1 fully saturated rings. The zero-order valence-electron chi connectivity index (χ0n) is 14.2. The van der Waals surface area contributed by atoms with Crippen LogP contribution in [0.1, 0.15) is 28.4 Å². The zero-order valence-corrected chi connectivity index (χ0v) is 14.9. The number of anilines is 2. The lowest BCUT2D eigenvalue weighted by molar-refractivity contribution is 0.0960. The van der Waals surface area contributed by atoms with Crippen LogP contribution in [0.25, 0.3) is 0 Å². The molecule has 2 aromatic rings. The molecule has 0 spiro atoms. The summed E-state index contributed by atoms with van der Waals surface area (Å²) < 4.78 is 11.6. The summed E-state index contributed by atoms with van der Waals surface area (Å²) in [5.74, 6) is 1.08. The second-order valence-corrected chi connectivity index (χ2v) is 6.52. The van der Waals surface area contributed by atoms with E-state index in [1.165, 1.54) is 0 Å². The van der Waals surface area contributed by atoms with Crippen molar-refractivity contribution in [2.45, 2.75) is 12.5 Å². The van der Waals surface area contributed by atoms with E-state index < -0.39 is 0 Å². The minimum absolute atomic E-state index is 0.101. The third kappa shape index (κ3) is 2.91. The van der Waals surface area contributed by atoms with Gasteiger partial charge in [-0.2, -0.15) is 9.97 Å². The Bertz CT molecular complexity index is 876. The molecule has 3 N–H and O–H groups in total. The molecule has 1 aromatic heterocycles. The van der Waals surface area contributed by atoms with Gasteiger partial charge in [0.2, 0.25) is 11.8 Å². The van der Waals surface area contributed by atoms with Gasteiger partial charge in [0.05, 0.1) is 18.2 Å². The average Bonchev–Trinajstić information content (AvgIpc) is 2.85. The molecule has 0 saturated carbocycles. The molecule has 1 aromatic carbocycles. The van der Waals surface area contributed by atoms with E-state index in [2.05, 4.69) is 20.2 Å². The Balaban J connectivity index is 1.95. The van der Waals surface area contributed by atoms with Crippen LogP contribution in [-0.2, 0) is 4.74 Å². The molecule has 0 aliphatic carbocycles. The van der Waals surface area contributed by atoms with Gasteiger partial charge in [0, 0.05) is 31.3 Å². The minimum Gasteiger partial charge on any atom is -0.438 e. The molecule has 0 unspecified atom stereocenters. The molecule has 0 radical (unpaired) electrons. The summed E-state index contributed by atoms with van der Waals surface area (Å²) in [7, 11) is 1.55. The Hall–Kier alpha value is -2.58. The van der Waals surface area contributed by atoms with Crippen molar-refractivity contribution in [1.29, 1.82) is 0 Å². The average molecular weight is 376 g/mol. The normalized spacial score (nSPS) is 18.5. The van der Waals surface area contributed by atoms with Gasteiger partial charge in [0.15, 0.2) is 0 Å². The SMILES string of the molecule is CNC(=O)c1cc(Cl)c2cc1Oc1cc(nc(N)n1)N1CCCOC[C@@H]21. The number of halogens is 1. The molecule has 9 heteroatoms. The van der Waals surface area contributed by atoms with Crippen molar-refractivity contribution in [1.82, 2.24) is 15.3 Å². The van der Waals surface area contributed by atoms with E-state index in [0.29, 0.717) is 35.4 Å². The molecule has 4 bridgehead atoms. The first-order valence-electron chi connectivity index (χ1n) is 8.29. The van der Waals surface area contributed by atoms with Crippen LogP contribution < -0.4 is 20.7 Å². The molecular formula is C17H18ClN5O3. The number of nitrogens with zero attached hydrogens (tertiary/aromatic N) is 3. The van der Waals surface area contributed by atoms with Crippen LogP contribution in [0.2, 0.25) is 5.02 Å². The molecular weight excluding hydrogens is 358 g/mol. The topological polar surface area (TPSA) is 103 Å². The number of ether oxygens (including phenoxy) is 2. The maximum atomic E-state index is 12.3. The van der Waals surface area contributed by atoms with Crippen LogP contribution in [0.4, 0.5) is 11.8 Å². The van der Waals surface area contributed by atoms with E-state index in [9.17, 15) is 4.79 Å². The van der Waals surface area contributed by atoms with Crippen LogP contribution in [0.5, 0.6) is 11.6 Å². The van der Waals surface area contributed by atoms with Crippen molar-refractivity contribution < 1.29 is 14.3 Å². The van der Waals surface area contributed by atoms with Crippen LogP contribution in [0.15, 0.2) is 18.2 Å². The highest BCUT2D eigenvalue weighted by Crippen LogP contribution is 2.40. The largest absolute Gasteiger partial charge is 0.438 e. The summed E-state index contributed by atoms with van der Waals surface area (Å²) in [6.45, 7) is 1.82. The predicted molar refractivity (Wildman–Crippen MR) is 96.9 cm³/mol. The maximum absolute atomic E-state index is 12.3. The van der Waals surface area contributed by atoms with E-state index >= 15 is 0 Å². The number of nitrogen functional groups attached to an aromatic ring is 1. The van der Waals surface area contributed by atoms with Gasteiger partial charge in [-0.1, -0.05) is 11.6 Å². The highest BCUT2D eigenvalue weighted by atomic mass is 35.5. The molecule has 1 amide bonds. The fraction of sp³-hybridized carbons (Fsp3) is 0.353. The Morgan fingerprint density at radius 3 is 3.04 bits per heavy atom. The highest BCUT2D eigenvalue weighted by Gasteiger charge is 2.30. The number of nitrogens with one attached hydrogen (secondary N) is 1. The van der Waals surface area contributed by atoms with Crippen molar-refractivity contribution in [3.63, 3.8) is 0 Å². The predicted octanol–water partition coefficient (Wildman–Crippen LogP) is 2.15. The summed E-state index contributed by atoms with van der Waals surface area (Å²) in [5, 5.41) is 3.06. The number of hydrogen-bond donors (Lipinski definition) is 2. The molecule has 1 atom stereocenters. The van der Waals surface area contributed by atoms with E-state index in [0.717, 1.165) is 18.5 Å². The van der Waals surface area contributed by atoms with Crippen molar-refractivity contribution in [2.24, 2.45) is 0 Å². The minimum atomic E-state index is -0.302. The number of amides is 1. The monoisotopic (exact) mass is 375 g/mol. The molecule has 3 heterocycles. The van der Waals surface area contributed by atoms with Gasteiger partial charge in [0.25, 0.3) is 5.91 Å². The third-order valence-electron chi connectivity index (χ3n) is 4.48. The van der Waals surface area contributed by atoms with E-state index in [-0.39, 0.29) is 23.8 Å². The first-order chi connectivity index (χ1) is 12.6. The number of nitrogens with two attached hydrogens (primary N) is 1. The number of carbonyl (C=O) groups excluding carboxylic acids is 1. The fourth-order valence-electron chi connectivity index (χ4n) is 3.27. The summed E-state index contributed by atoms with van der Waals surface area (Å²) in [6, 6.07) is 4.92. The van der Waals surface area contributed by atoms with Gasteiger partial charge in [-0.05, 0) is 24.1 Å². The number of aromatic nitrogens is 2. The number of carbonyl (C=O) groups is 1. The lowest BCUT2D eigenvalue weighted by atomic mass is 10.0. The fourth-order valence-corrected chi connectivity index (χ4v) is 3.56. The Labute approximate surface area is 155 Å². The second kappa shape index (κ2) is 6.62. The Morgan fingerprint density at radius 2 is 2.23 bits per heavy atom. The van der Waals surface area contributed by atoms with E-state index in [1.54, 1.807) is 25.2 Å². The Kier molecular flexibility index (Phi) is 4.29. The first-order valence-corrected chi connectivity index (χ1v) is 8.67. The standard InChI is InChI=1S/C17H18ClN5O3/c1-20-16(24)10-5-11(18)9-6-13(10)26-15-7-14(21-17(19)22-15)23-3-2-4-25-8-12(9)23/h5-7,12H,2-4,8H2,1H3,(H,20,24)(H2,19,21,22)/t12-/m0/s1. The summed E-state index contributed by atoms with van der Waals surface area (Å²) in [4.78, 5) is 22.8. The molecule has 8 nitrogen and oxygen atoms in total. The Morgan fingerprint density at radius 1 is 1.38 bits per heavy atom. The van der Waals surface area contributed by atoms with Crippen molar-refractivity contribution in [2.75, 3.05) is 37.4 Å². The molecule has 136 valence electrons.